The molecule has 206 valence electrons. The Labute approximate surface area is 212 Å². The van der Waals surface area contributed by atoms with Crippen LogP contribution < -0.4 is 4.90 Å². The fourth-order valence-electron chi connectivity index (χ4n) is 7.03. The van der Waals surface area contributed by atoms with Gasteiger partial charge in [0.1, 0.15) is 5.69 Å². The number of fused-ring (bicyclic) bond motifs is 2. The van der Waals surface area contributed by atoms with Crippen molar-refractivity contribution in [3.63, 3.8) is 0 Å². The highest BCUT2D eigenvalue weighted by molar-refractivity contribution is 5.84. The maximum Gasteiger partial charge on any atom is 0.433 e. The summed E-state index contributed by atoms with van der Waals surface area (Å²) in [6.07, 6.45) is -2.74. The first kappa shape index (κ1) is 26.5. The minimum absolute atomic E-state index is 0.0122. The van der Waals surface area contributed by atoms with E-state index >= 15 is 0 Å². The number of carbonyl (C=O) groups excluding carboxylic acids is 1. The van der Waals surface area contributed by atoms with Gasteiger partial charge in [0.15, 0.2) is 0 Å². The highest BCUT2D eigenvalue weighted by Gasteiger charge is 2.54. The van der Waals surface area contributed by atoms with Crippen LogP contribution in [0.3, 0.4) is 0 Å². The average molecular weight is 533 g/mol. The molecule has 6 atom stereocenters. The van der Waals surface area contributed by atoms with Crippen molar-refractivity contribution in [2.45, 2.75) is 75.7 Å². The molecule has 4 heterocycles. The molecular weight excluding hydrogens is 499 g/mol. The van der Waals surface area contributed by atoms with Gasteiger partial charge in [0, 0.05) is 39.4 Å². The third-order valence-electron chi connectivity index (χ3n) is 8.78. The Bertz CT molecular complexity index is 982. The second-order valence-corrected chi connectivity index (χ2v) is 11.0. The molecule has 37 heavy (non-hydrogen) atoms. The number of alkyl halides is 5. The van der Waals surface area contributed by atoms with Crippen molar-refractivity contribution in [3.05, 3.63) is 18.0 Å². The standard InChI is InChI=1S/C25H33F5N4O3/c1-36-19-14-37-7-4-16(19)8-15-2-5-24(10-15,11-21(26)27)22(35)33-12-18-9-17(33)13-34(18)23-31-6-3-20(32-23)25(28,29)30/h3,6,15-19,21H,2,4-5,7-14H2,1H3/t15-,16+,17+,18+,19+,24-/m0/s1. The van der Waals surface area contributed by atoms with E-state index in [2.05, 4.69) is 9.97 Å². The highest BCUT2D eigenvalue weighted by Crippen LogP contribution is 2.51. The predicted octanol–water partition coefficient (Wildman–Crippen LogP) is 4.17. The molecule has 1 saturated carbocycles. The molecule has 2 bridgehead atoms. The fourth-order valence-corrected chi connectivity index (χ4v) is 7.03. The summed E-state index contributed by atoms with van der Waals surface area (Å²) < 4.78 is 77.9. The Hall–Kier alpha value is -2.08. The molecule has 3 saturated heterocycles. The summed E-state index contributed by atoms with van der Waals surface area (Å²) in [4.78, 5) is 25.0. The van der Waals surface area contributed by atoms with Gasteiger partial charge in [-0.1, -0.05) is 0 Å². The zero-order valence-electron chi connectivity index (χ0n) is 20.8. The number of hydrogen-bond acceptors (Lipinski definition) is 6. The van der Waals surface area contributed by atoms with Crippen LogP contribution in [0.15, 0.2) is 12.3 Å². The summed E-state index contributed by atoms with van der Waals surface area (Å²) >= 11 is 0. The number of rotatable bonds is 7. The molecule has 3 aliphatic heterocycles. The van der Waals surface area contributed by atoms with Crippen LogP contribution in [0.1, 0.15) is 50.6 Å². The van der Waals surface area contributed by atoms with E-state index in [9.17, 15) is 26.7 Å². The van der Waals surface area contributed by atoms with Crippen LogP contribution in [0.25, 0.3) is 0 Å². The van der Waals surface area contributed by atoms with Gasteiger partial charge in [-0.05, 0) is 56.4 Å². The van der Waals surface area contributed by atoms with Crippen molar-refractivity contribution in [1.82, 2.24) is 14.9 Å². The van der Waals surface area contributed by atoms with E-state index in [1.165, 1.54) is 0 Å². The number of carbonyl (C=O) groups is 1. The van der Waals surface area contributed by atoms with Crippen molar-refractivity contribution in [2.75, 3.05) is 38.3 Å². The lowest BCUT2D eigenvalue weighted by molar-refractivity contribution is -0.146. The largest absolute Gasteiger partial charge is 0.433 e. The molecule has 0 unspecified atom stereocenters. The third-order valence-corrected chi connectivity index (χ3v) is 8.78. The Morgan fingerprint density at radius 1 is 1.27 bits per heavy atom. The third kappa shape index (κ3) is 5.28. The van der Waals surface area contributed by atoms with Gasteiger partial charge in [0.2, 0.25) is 18.3 Å². The normalized spacial score (nSPS) is 34.1. The maximum atomic E-state index is 13.8. The topological polar surface area (TPSA) is 67.8 Å². The summed E-state index contributed by atoms with van der Waals surface area (Å²) in [7, 11) is 1.65. The Morgan fingerprint density at radius 2 is 2.08 bits per heavy atom. The molecule has 1 aromatic heterocycles. The van der Waals surface area contributed by atoms with E-state index in [4.69, 9.17) is 9.47 Å². The zero-order valence-corrected chi connectivity index (χ0v) is 20.8. The van der Waals surface area contributed by atoms with E-state index in [1.807, 2.05) is 0 Å². The van der Waals surface area contributed by atoms with E-state index in [0.717, 1.165) is 31.5 Å². The lowest BCUT2D eigenvalue weighted by atomic mass is 9.78. The summed E-state index contributed by atoms with van der Waals surface area (Å²) in [5, 5.41) is 0. The fraction of sp³-hybridized carbons (Fsp3) is 0.800. The van der Waals surface area contributed by atoms with Gasteiger partial charge in [0.25, 0.3) is 0 Å². The van der Waals surface area contributed by atoms with Gasteiger partial charge in [-0.15, -0.1) is 0 Å². The van der Waals surface area contributed by atoms with Gasteiger partial charge in [0.05, 0.1) is 30.2 Å². The van der Waals surface area contributed by atoms with E-state index in [-0.39, 0.29) is 48.4 Å². The number of piperazine rings is 1. The van der Waals surface area contributed by atoms with Crippen molar-refractivity contribution in [2.24, 2.45) is 17.3 Å². The molecule has 12 heteroatoms. The Kier molecular flexibility index (Phi) is 7.34. The Morgan fingerprint density at radius 3 is 2.76 bits per heavy atom. The summed E-state index contributed by atoms with van der Waals surface area (Å²) in [6.45, 7) is 1.76. The molecule has 4 fully saturated rings. The Balaban J connectivity index is 1.27. The van der Waals surface area contributed by atoms with Gasteiger partial charge in [-0.3, -0.25) is 4.79 Å². The van der Waals surface area contributed by atoms with Crippen LogP contribution in [0.4, 0.5) is 27.9 Å². The van der Waals surface area contributed by atoms with Gasteiger partial charge in [-0.2, -0.15) is 13.2 Å². The molecule has 0 spiro atoms. The van der Waals surface area contributed by atoms with Crippen LogP contribution in [0.2, 0.25) is 0 Å². The van der Waals surface area contributed by atoms with E-state index in [1.54, 1.807) is 16.9 Å². The first-order valence-corrected chi connectivity index (χ1v) is 13.0. The van der Waals surface area contributed by atoms with E-state index in [0.29, 0.717) is 39.0 Å². The monoisotopic (exact) mass is 532 g/mol. The number of halogens is 5. The predicted molar refractivity (Wildman–Crippen MR) is 123 cm³/mol. The van der Waals surface area contributed by atoms with Crippen LogP contribution in [0, 0.1) is 17.3 Å². The van der Waals surface area contributed by atoms with Crippen molar-refractivity contribution in [3.8, 4) is 0 Å². The molecular formula is C25H33F5N4O3. The second-order valence-electron chi connectivity index (χ2n) is 11.0. The summed E-state index contributed by atoms with van der Waals surface area (Å²) in [5.74, 6) is 0.202. The SMILES string of the molecule is CO[C@@H]1COCC[C@@H]1C[C@@H]1CC[C@](CC(F)F)(C(=O)N2C[C@H]3C[C@@H]2CN3c2nccc(C(F)(F)F)n2)C1. The summed E-state index contributed by atoms with van der Waals surface area (Å²) in [5.41, 5.74) is -2.12. The van der Waals surface area contributed by atoms with Gasteiger partial charge < -0.3 is 19.3 Å². The molecule has 1 aliphatic carbocycles. The lowest BCUT2D eigenvalue weighted by Gasteiger charge is -2.40. The van der Waals surface area contributed by atoms with E-state index < -0.39 is 30.1 Å². The van der Waals surface area contributed by atoms with Crippen molar-refractivity contribution >= 4 is 11.9 Å². The molecule has 0 N–H and O–H groups in total. The number of likely N-dealkylation sites (tertiary alicyclic amines) is 1. The van der Waals surface area contributed by atoms with Crippen LogP contribution >= 0.6 is 0 Å². The number of hydrogen-bond donors (Lipinski definition) is 0. The lowest BCUT2D eigenvalue weighted by Crippen LogP contribution is -2.53. The number of nitrogens with zero attached hydrogens (tertiary/aromatic N) is 4. The summed E-state index contributed by atoms with van der Waals surface area (Å²) in [6, 6.07) is 0.341. The molecule has 5 rings (SSSR count). The number of aromatic nitrogens is 2. The molecule has 1 aromatic rings. The quantitative estimate of drug-likeness (QED) is 0.492. The number of ether oxygens (including phenoxy) is 2. The van der Waals surface area contributed by atoms with Crippen LogP contribution in [0.5, 0.6) is 0 Å². The van der Waals surface area contributed by atoms with Crippen molar-refractivity contribution < 1.29 is 36.2 Å². The number of amides is 1. The minimum atomic E-state index is -4.58. The first-order valence-electron chi connectivity index (χ1n) is 13.0. The molecule has 1 amide bonds. The number of anilines is 1. The first-order chi connectivity index (χ1) is 17.6. The average Bonchev–Trinajstić information content (AvgIpc) is 3.58. The smallest absolute Gasteiger partial charge is 0.379 e. The van der Waals surface area contributed by atoms with Crippen molar-refractivity contribution in [1.29, 1.82) is 0 Å². The molecule has 0 radical (unpaired) electrons. The second kappa shape index (κ2) is 10.2. The van der Waals surface area contributed by atoms with Crippen LogP contribution in [-0.2, 0) is 20.4 Å². The maximum absolute atomic E-state index is 13.8. The minimum Gasteiger partial charge on any atom is -0.379 e. The molecule has 7 nitrogen and oxygen atoms in total. The van der Waals surface area contributed by atoms with Crippen LogP contribution in [-0.4, -0.2) is 78.8 Å². The highest BCUT2D eigenvalue weighted by atomic mass is 19.4. The molecule has 0 aromatic carbocycles. The number of methoxy groups -OCH3 is 1. The van der Waals surface area contributed by atoms with Gasteiger partial charge in [-0.25, -0.2) is 18.7 Å². The van der Waals surface area contributed by atoms with Gasteiger partial charge >= 0.3 is 6.18 Å². The zero-order chi connectivity index (χ0) is 26.4. The molecule has 4 aliphatic rings.